The van der Waals surface area contributed by atoms with Gasteiger partial charge in [0.1, 0.15) is 0 Å². The maximum absolute atomic E-state index is 5.42. The summed E-state index contributed by atoms with van der Waals surface area (Å²) in [7, 11) is 0. The van der Waals surface area contributed by atoms with Crippen LogP contribution in [0, 0.1) is 5.92 Å². The normalized spacial score (nSPS) is 11.1. The van der Waals surface area contributed by atoms with Gasteiger partial charge in [-0.15, -0.1) is 0 Å². The summed E-state index contributed by atoms with van der Waals surface area (Å²) in [5.41, 5.74) is 5.42. The Hall–Kier alpha value is -0.0800. The van der Waals surface area contributed by atoms with Crippen LogP contribution >= 0.6 is 0 Å². The maximum Gasteiger partial charge on any atom is -0.00488 e. The van der Waals surface area contributed by atoms with Crippen molar-refractivity contribution in [1.82, 2.24) is 5.32 Å². The van der Waals surface area contributed by atoms with Crippen LogP contribution < -0.4 is 11.1 Å². The minimum absolute atomic E-state index is 0.848. The Morgan fingerprint density at radius 1 is 0.929 bits per heavy atom. The molecule has 0 aliphatic carbocycles. The highest BCUT2D eigenvalue weighted by Crippen LogP contribution is 2.02. The fourth-order valence-corrected chi connectivity index (χ4v) is 1.51. The topological polar surface area (TPSA) is 38.0 Å². The molecule has 0 aliphatic rings. The van der Waals surface area contributed by atoms with Gasteiger partial charge in [-0.3, -0.25) is 0 Å². The van der Waals surface area contributed by atoms with Crippen LogP contribution in [0.15, 0.2) is 0 Å². The van der Waals surface area contributed by atoms with Gasteiger partial charge in [0.25, 0.3) is 0 Å². The van der Waals surface area contributed by atoms with E-state index in [-0.39, 0.29) is 0 Å². The van der Waals surface area contributed by atoms with Crippen molar-refractivity contribution in [1.29, 1.82) is 0 Å². The fraction of sp³-hybridized carbons (Fsp3) is 1.00. The lowest BCUT2D eigenvalue weighted by Gasteiger charge is -2.06. The Morgan fingerprint density at radius 3 is 2.21 bits per heavy atom. The van der Waals surface area contributed by atoms with Gasteiger partial charge in [0.2, 0.25) is 0 Å². The molecule has 14 heavy (non-hydrogen) atoms. The predicted octanol–water partition coefficient (Wildman–Crippen LogP) is 2.53. The largest absolute Gasteiger partial charge is 0.330 e. The zero-order valence-corrected chi connectivity index (χ0v) is 10.0. The summed E-state index contributed by atoms with van der Waals surface area (Å²) >= 11 is 0. The number of hydrogen-bond acceptors (Lipinski definition) is 2. The Bertz CT molecular complexity index is 102. The van der Waals surface area contributed by atoms with Crippen molar-refractivity contribution in [2.75, 3.05) is 19.6 Å². The highest BCUT2D eigenvalue weighted by Gasteiger charge is 1.93. The van der Waals surface area contributed by atoms with E-state index in [0.717, 1.165) is 12.5 Å². The second kappa shape index (κ2) is 11.0. The number of hydrogen-bond donors (Lipinski definition) is 2. The molecule has 0 unspecified atom stereocenters. The van der Waals surface area contributed by atoms with Crippen LogP contribution in [0.25, 0.3) is 0 Å². The van der Waals surface area contributed by atoms with Crippen LogP contribution in [0.4, 0.5) is 0 Å². The third-order valence-corrected chi connectivity index (χ3v) is 2.44. The lowest BCUT2D eigenvalue weighted by Crippen LogP contribution is -2.17. The second-order valence-electron chi connectivity index (χ2n) is 4.49. The standard InChI is InChI=1S/C12H28N2/c1-12(2)8-7-11-14-10-6-4-3-5-9-13/h12,14H,3-11,13H2,1-2H3. The van der Waals surface area contributed by atoms with E-state index in [0.29, 0.717) is 0 Å². The first-order valence-corrected chi connectivity index (χ1v) is 6.18. The van der Waals surface area contributed by atoms with Gasteiger partial charge in [-0.1, -0.05) is 26.7 Å². The van der Waals surface area contributed by atoms with Crippen molar-refractivity contribution in [2.24, 2.45) is 11.7 Å². The quantitative estimate of drug-likeness (QED) is 0.532. The van der Waals surface area contributed by atoms with Crippen molar-refractivity contribution < 1.29 is 0 Å². The van der Waals surface area contributed by atoms with E-state index >= 15 is 0 Å². The lowest BCUT2D eigenvalue weighted by atomic mass is 10.1. The molecule has 0 fully saturated rings. The summed E-state index contributed by atoms with van der Waals surface area (Å²) < 4.78 is 0. The van der Waals surface area contributed by atoms with E-state index in [9.17, 15) is 0 Å². The Kier molecular flexibility index (Phi) is 10.9. The average Bonchev–Trinajstić information content (AvgIpc) is 2.15. The first kappa shape index (κ1) is 13.9. The molecule has 0 radical (unpaired) electrons. The average molecular weight is 200 g/mol. The van der Waals surface area contributed by atoms with E-state index in [2.05, 4.69) is 19.2 Å². The van der Waals surface area contributed by atoms with Crippen molar-refractivity contribution in [3.63, 3.8) is 0 Å². The van der Waals surface area contributed by atoms with Crippen LogP contribution in [0.2, 0.25) is 0 Å². The zero-order valence-electron chi connectivity index (χ0n) is 10.0. The minimum Gasteiger partial charge on any atom is -0.330 e. The fourth-order valence-electron chi connectivity index (χ4n) is 1.51. The predicted molar refractivity (Wildman–Crippen MR) is 64.5 cm³/mol. The van der Waals surface area contributed by atoms with Crippen molar-refractivity contribution in [2.45, 2.75) is 52.4 Å². The van der Waals surface area contributed by atoms with Gasteiger partial charge in [-0.25, -0.2) is 0 Å². The molecule has 0 heterocycles. The molecule has 0 saturated carbocycles. The van der Waals surface area contributed by atoms with E-state index in [4.69, 9.17) is 5.73 Å². The molecule has 0 aliphatic heterocycles. The van der Waals surface area contributed by atoms with Gasteiger partial charge >= 0.3 is 0 Å². The van der Waals surface area contributed by atoms with Gasteiger partial charge in [0.15, 0.2) is 0 Å². The summed E-state index contributed by atoms with van der Waals surface area (Å²) in [4.78, 5) is 0. The molecule has 0 bridgehead atoms. The third-order valence-electron chi connectivity index (χ3n) is 2.44. The highest BCUT2D eigenvalue weighted by atomic mass is 14.8. The summed E-state index contributed by atoms with van der Waals surface area (Å²) in [5, 5.41) is 3.49. The van der Waals surface area contributed by atoms with Gasteiger partial charge in [-0.2, -0.15) is 0 Å². The summed E-state index contributed by atoms with van der Waals surface area (Å²) in [5.74, 6) is 0.848. The Balaban J connectivity index is 2.85. The molecular weight excluding hydrogens is 172 g/mol. The molecule has 0 saturated heterocycles. The van der Waals surface area contributed by atoms with Crippen LogP contribution in [0.3, 0.4) is 0 Å². The molecule has 0 rings (SSSR count). The zero-order chi connectivity index (χ0) is 10.6. The highest BCUT2D eigenvalue weighted by molar-refractivity contribution is 4.52. The summed E-state index contributed by atoms with van der Waals surface area (Å²) in [6.45, 7) is 7.79. The second-order valence-corrected chi connectivity index (χ2v) is 4.49. The van der Waals surface area contributed by atoms with Crippen LogP contribution in [0.1, 0.15) is 52.4 Å². The first-order valence-electron chi connectivity index (χ1n) is 6.18. The molecule has 3 N–H and O–H groups in total. The smallest absolute Gasteiger partial charge is 0.00488 e. The molecule has 0 aromatic carbocycles. The molecule has 2 heteroatoms. The lowest BCUT2D eigenvalue weighted by molar-refractivity contribution is 0.517. The Morgan fingerprint density at radius 2 is 1.57 bits per heavy atom. The molecule has 2 nitrogen and oxygen atoms in total. The van der Waals surface area contributed by atoms with Gasteiger partial charge in [0, 0.05) is 0 Å². The van der Waals surface area contributed by atoms with Crippen LogP contribution in [-0.2, 0) is 0 Å². The van der Waals surface area contributed by atoms with Crippen LogP contribution in [0.5, 0.6) is 0 Å². The third kappa shape index (κ3) is 11.9. The molecule has 0 aromatic heterocycles. The van der Waals surface area contributed by atoms with Gasteiger partial charge in [-0.05, 0) is 51.2 Å². The van der Waals surface area contributed by atoms with E-state index in [1.54, 1.807) is 0 Å². The minimum atomic E-state index is 0.848. The van der Waals surface area contributed by atoms with Gasteiger partial charge < -0.3 is 11.1 Å². The van der Waals surface area contributed by atoms with E-state index in [1.807, 2.05) is 0 Å². The number of nitrogens with one attached hydrogen (secondary N) is 1. The molecule has 0 aromatic rings. The van der Waals surface area contributed by atoms with Gasteiger partial charge in [0.05, 0.1) is 0 Å². The van der Waals surface area contributed by atoms with E-state index in [1.165, 1.54) is 51.6 Å². The van der Waals surface area contributed by atoms with E-state index < -0.39 is 0 Å². The number of nitrogens with two attached hydrogens (primary N) is 1. The summed E-state index contributed by atoms with van der Waals surface area (Å²) in [6.07, 6.45) is 7.79. The molecule has 86 valence electrons. The number of unbranched alkanes of at least 4 members (excludes halogenated alkanes) is 3. The van der Waals surface area contributed by atoms with Crippen molar-refractivity contribution >= 4 is 0 Å². The van der Waals surface area contributed by atoms with Crippen molar-refractivity contribution in [3.05, 3.63) is 0 Å². The van der Waals surface area contributed by atoms with Crippen LogP contribution in [-0.4, -0.2) is 19.6 Å². The molecule has 0 spiro atoms. The maximum atomic E-state index is 5.42. The monoisotopic (exact) mass is 200 g/mol. The SMILES string of the molecule is CC(C)CCCNCCCCCCN. The summed E-state index contributed by atoms with van der Waals surface area (Å²) in [6, 6.07) is 0. The Labute approximate surface area is 89.6 Å². The molecule has 0 amide bonds. The molecular formula is C12H28N2. The first-order chi connectivity index (χ1) is 6.77. The molecule has 0 atom stereocenters. The number of rotatable bonds is 10. The van der Waals surface area contributed by atoms with Crippen molar-refractivity contribution in [3.8, 4) is 0 Å².